The summed E-state index contributed by atoms with van der Waals surface area (Å²) in [6, 6.07) is 14.2. The largest absolute Gasteiger partial charge is 0.464 e. The van der Waals surface area contributed by atoms with Crippen molar-refractivity contribution < 1.29 is 19.4 Å². The van der Waals surface area contributed by atoms with E-state index in [1.807, 2.05) is 0 Å². The molecule has 2 aromatic carbocycles. The molecule has 2 N–H and O–H groups in total. The summed E-state index contributed by atoms with van der Waals surface area (Å²) in [5.41, 5.74) is 0.893. The molecule has 2 rings (SSSR count). The van der Waals surface area contributed by atoms with Gasteiger partial charge in [0, 0.05) is 10.0 Å². The number of aliphatic hydroxyl groups is 1. The molecule has 0 saturated carbocycles. The zero-order chi connectivity index (χ0) is 17.5. The van der Waals surface area contributed by atoms with Crippen LogP contribution in [0, 0.1) is 0 Å². The summed E-state index contributed by atoms with van der Waals surface area (Å²) in [5.74, 6) is -1.15. The summed E-state index contributed by atoms with van der Waals surface area (Å²) in [7, 11) is 0. The number of carbonyl (C=O) groups is 2. The van der Waals surface area contributed by atoms with Crippen LogP contribution in [0.25, 0.3) is 0 Å². The molecule has 0 fully saturated rings. The van der Waals surface area contributed by atoms with E-state index in [9.17, 15) is 14.7 Å². The van der Waals surface area contributed by atoms with Crippen molar-refractivity contribution in [3.05, 3.63) is 70.2 Å². The Balaban J connectivity index is 2.23. The monoisotopic (exact) mass is 391 g/mol. The molecule has 0 radical (unpaired) electrons. The fraction of sp³-hybridized carbons (Fsp3) is 0.222. The lowest BCUT2D eigenvalue weighted by Gasteiger charge is -2.23. The molecule has 126 valence electrons. The minimum atomic E-state index is -1.21. The van der Waals surface area contributed by atoms with E-state index in [2.05, 4.69) is 21.2 Å². The summed E-state index contributed by atoms with van der Waals surface area (Å²) in [6.07, 6.45) is -1.21. The lowest BCUT2D eigenvalue weighted by Crippen LogP contribution is -2.46. The number of benzene rings is 2. The summed E-state index contributed by atoms with van der Waals surface area (Å²) >= 11 is 3.30. The molecule has 0 spiro atoms. The molecule has 2 aromatic rings. The normalized spacial score (nSPS) is 13.0. The summed E-state index contributed by atoms with van der Waals surface area (Å²) in [4.78, 5) is 24.6. The molecule has 0 aliphatic heterocycles. The van der Waals surface area contributed by atoms with E-state index in [0.717, 1.165) is 4.47 Å². The van der Waals surface area contributed by atoms with Crippen molar-refractivity contribution in [1.82, 2.24) is 5.32 Å². The standard InChI is InChI=1S/C18H18BrNO4/c1-2-24-18(23)15(16(21)12-7-4-3-5-8-12)20-17(22)13-9-6-10-14(19)11-13/h3-11,15-16,21H,2H2,1H3,(H,20,22). The molecule has 24 heavy (non-hydrogen) atoms. The Morgan fingerprint density at radius 3 is 2.50 bits per heavy atom. The van der Waals surface area contributed by atoms with Crippen LogP contribution in [0.2, 0.25) is 0 Å². The van der Waals surface area contributed by atoms with E-state index >= 15 is 0 Å². The van der Waals surface area contributed by atoms with Crippen molar-refractivity contribution in [3.63, 3.8) is 0 Å². The van der Waals surface area contributed by atoms with Crippen molar-refractivity contribution in [2.24, 2.45) is 0 Å². The number of esters is 1. The highest BCUT2D eigenvalue weighted by molar-refractivity contribution is 9.10. The highest BCUT2D eigenvalue weighted by Crippen LogP contribution is 2.19. The molecule has 0 saturated heterocycles. The number of hydrogen-bond acceptors (Lipinski definition) is 4. The number of halogens is 1. The predicted molar refractivity (Wildman–Crippen MR) is 93.4 cm³/mol. The van der Waals surface area contributed by atoms with Gasteiger partial charge in [0.2, 0.25) is 0 Å². The van der Waals surface area contributed by atoms with E-state index < -0.39 is 24.0 Å². The first-order chi connectivity index (χ1) is 11.5. The maximum absolute atomic E-state index is 12.4. The van der Waals surface area contributed by atoms with E-state index in [1.165, 1.54) is 0 Å². The van der Waals surface area contributed by atoms with Crippen LogP contribution in [0.1, 0.15) is 28.9 Å². The first kappa shape index (κ1) is 18.2. The molecule has 6 heteroatoms. The van der Waals surface area contributed by atoms with Crippen molar-refractivity contribution in [1.29, 1.82) is 0 Å². The highest BCUT2D eigenvalue weighted by Gasteiger charge is 2.31. The molecular formula is C18H18BrNO4. The Kier molecular flexibility index (Phi) is 6.52. The van der Waals surface area contributed by atoms with Gasteiger partial charge in [-0.05, 0) is 30.7 Å². The fourth-order valence-corrected chi connectivity index (χ4v) is 2.59. The Morgan fingerprint density at radius 2 is 1.88 bits per heavy atom. The first-order valence-corrected chi connectivity index (χ1v) is 8.28. The fourth-order valence-electron chi connectivity index (χ4n) is 2.20. The molecule has 5 nitrogen and oxygen atoms in total. The van der Waals surface area contributed by atoms with E-state index in [1.54, 1.807) is 61.5 Å². The lowest BCUT2D eigenvalue weighted by molar-refractivity contribution is -0.148. The minimum absolute atomic E-state index is 0.156. The highest BCUT2D eigenvalue weighted by atomic mass is 79.9. The van der Waals surface area contributed by atoms with Gasteiger partial charge in [-0.3, -0.25) is 4.79 Å². The van der Waals surface area contributed by atoms with Gasteiger partial charge in [0.05, 0.1) is 6.61 Å². The molecule has 0 aliphatic carbocycles. The van der Waals surface area contributed by atoms with E-state index in [4.69, 9.17) is 4.74 Å². The SMILES string of the molecule is CCOC(=O)C(NC(=O)c1cccc(Br)c1)C(O)c1ccccc1. The maximum atomic E-state index is 12.4. The maximum Gasteiger partial charge on any atom is 0.331 e. The third-order valence-electron chi connectivity index (χ3n) is 3.37. The summed E-state index contributed by atoms with van der Waals surface area (Å²) < 4.78 is 5.73. The second-order valence-electron chi connectivity index (χ2n) is 5.07. The van der Waals surface area contributed by atoms with Gasteiger partial charge in [0.1, 0.15) is 6.10 Å². The number of hydrogen-bond donors (Lipinski definition) is 2. The Morgan fingerprint density at radius 1 is 1.17 bits per heavy atom. The quantitative estimate of drug-likeness (QED) is 0.742. The molecular weight excluding hydrogens is 374 g/mol. The van der Waals surface area contributed by atoms with Crippen molar-refractivity contribution in [2.75, 3.05) is 6.61 Å². The van der Waals surface area contributed by atoms with Gasteiger partial charge in [0.15, 0.2) is 6.04 Å². The van der Waals surface area contributed by atoms with Crippen LogP contribution < -0.4 is 5.32 Å². The summed E-state index contributed by atoms with van der Waals surface area (Å²) in [6.45, 7) is 1.82. The molecule has 0 bridgehead atoms. The topological polar surface area (TPSA) is 75.6 Å². The van der Waals surface area contributed by atoms with Gasteiger partial charge in [-0.2, -0.15) is 0 Å². The van der Waals surface area contributed by atoms with Gasteiger partial charge in [-0.15, -0.1) is 0 Å². The van der Waals surface area contributed by atoms with E-state index in [-0.39, 0.29) is 6.61 Å². The number of carbonyl (C=O) groups excluding carboxylic acids is 2. The molecule has 2 atom stereocenters. The molecule has 0 heterocycles. The van der Waals surface area contributed by atoms with Gasteiger partial charge < -0.3 is 15.2 Å². The van der Waals surface area contributed by atoms with Crippen molar-refractivity contribution in [2.45, 2.75) is 19.1 Å². The van der Waals surface area contributed by atoms with E-state index in [0.29, 0.717) is 11.1 Å². The Labute approximate surface area is 148 Å². The second kappa shape index (κ2) is 8.61. The zero-order valence-electron chi connectivity index (χ0n) is 13.1. The minimum Gasteiger partial charge on any atom is -0.464 e. The van der Waals surface area contributed by atoms with Gasteiger partial charge >= 0.3 is 5.97 Å². The number of rotatable bonds is 6. The van der Waals surface area contributed by atoms with Crippen LogP contribution in [-0.4, -0.2) is 29.6 Å². The Hall–Kier alpha value is -2.18. The third-order valence-corrected chi connectivity index (χ3v) is 3.86. The van der Waals surface area contributed by atoms with Crippen LogP contribution in [0.3, 0.4) is 0 Å². The second-order valence-corrected chi connectivity index (χ2v) is 5.98. The van der Waals surface area contributed by atoms with Gasteiger partial charge in [-0.25, -0.2) is 4.79 Å². The van der Waals surface area contributed by atoms with Gasteiger partial charge in [-0.1, -0.05) is 52.3 Å². The Bertz CT molecular complexity index is 705. The van der Waals surface area contributed by atoms with Crippen LogP contribution in [-0.2, 0) is 9.53 Å². The zero-order valence-corrected chi connectivity index (χ0v) is 14.7. The van der Waals surface area contributed by atoms with Crippen LogP contribution in [0.15, 0.2) is 59.1 Å². The predicted octanol–water partition coefficient (Wildman–Crippen LogP) is 2.84. The molecule has 0 aliphatic rings. The number of aliphatic hydroxyl groups excluding tert-OH is 1. The first-order valence-electron chi connectivity index (χ1n) is 7.49. The number of nitrogens with one attached hydrogen (secondary N) is 1. The van der Waals surface area contributed by atoms with Crippen LogP contribution in [0.4, 0.5) is 0 Å². The lowest BCUT2D eigenvalue weighted by atomic mass is 10.0. The van der Waals surface area contributed by atoms with Crippen molar-refractivity contribution >= 4 is 27.8 Å². The smallest absolute Gasteiger partial charge is 0.331 e. The molecule has 0 aromatic heterocycles. The molecule has 1 amide bonds. The average Bonchev–Trinajstić information content (AvgIpc) is 2.59. The van der Waals surface area contributed by atoms with Crippen LogP contribution in [0.5, 0.6) is 0 Å². The van der Waals surface area contributed by atoms with Crippen LogP contribution >= 0.6 is 15.9 Å². The number of amides is 1. The number of ether oxygens (including phenoxy) is 1. The molecule has 2 unspecified atom stereocenters. The summed E-state index contributed by atoms with van der Waals surface area (Å²) in [5, 5.41) is 13.1. The van der Waals surface area contributed by atoms with Gasteiger partial charge in [0.25, 0.3) is 5.91 Å². The average molecular weight is 392 g/mol. The van der Waals surface area contributed by atoms with Crippen molar-refractivity contribution in [3.8, 4) is 0 Å². The third kappa shape index (κ3) is 4.66.